The number of hydrogen-bond donors (Lipinski definition) is 3. The Labute approximate surface area is 173 Å². The van der Waals surface area contributed by atoms with Gasteiger partial charge in [0.1, 0.15) is 12.4 Å². The summed E-state index contributed by atoms with van der Waals surface area (Å²) < 4.78 is 10.8. The lowest BCUT2D eigenvalue weighted by atomic mass is 10.1. The minimum Gasteiger partial charge on any atom is -0.491 e. The molecule has 0 radical (unpaired) electrons. The highest BCUT2D eigenvalue weighted by molar-refractivity contribution is 14.0. The molecule has 26 heavy (non-hydrogen) atoms. The van der Waals surface area contributed by atoms with Gasteiger partial charge in [0.15, 0.2) is 5.96 Å². The number of amides is 1. The molecule has 0 aliphatic heterocycles. The monoisotopic (exact) mass is 478 g/mol. The number of carbonyl (C=O) groups is 1. The third-order valence-corrected chi connectivity index (χ3v) is 3.31. The summed E-state index contributed by atoms with van der Waals surface area (Å²) in [5.41, 5.74) is 2.15. The second kappa shape index (κ2) is 14.6. The molecular formula is C18H31IN4O3. The fourth-order valence-electron chi connectivity index (χ4n) is 2.09. The lowest BCUT2D eigenvalue weighted by Gasteiger charge is -2.13. The summed E-state index contributed by atoms with van der Waals surface area (Å²) in [5.74, 6) is 1.49. The fraction of sp³-hybridized carbons (Fsp3) is 0.556. The maximum atomic E-state index is 10.9. The molecule has 7 nitrogen and oxygen atoms in total. The van der Waals surface area contributed by atoms with Gasteiger partial charge in [-0.15, -0.1) is 24.0 Å². The minimum absolute atomic E-state index is 0. The Balaban J connectivity index is 0.00000625. The fourth-order valence-corrected chi connectivity index (χ4v) is 2.09. The Hall–Kier alpha value is -1.55. The molecule has 0 unspecified atom stereocenters. The van der Waals surface area contributed by atoms with Crippen LogP contribution in [0.2, 0.25) is 0 Å². The van der Waals surface area contributed by atoms with E-state index in [1.807, 2.05) is 32.0 Å². The maximum absolute atomic E-state index is 10.9. The van der Waals surface area contributed by atoms with Crippen LogP contribution in [0, 0.1) is 6.92 Å². The Morgan fingerprint density at radius 1 is 1.15 bits per heavy atom. The number of ether oxygens (including phenoxy) is 2. The van der Waals surface area contributed by atoms with Gasteiger partial charge in [0.05, 0.1) is 13.2 Å². The lowest BCUT2D eigenvalue weighted by molar-refractivity contribution is -0.118. The van der Waals surface area contributed by atoms with Crippen LogP contribution >= 0.6 is 24.0 Å². The van der Waals surface area contributed by atoms with Gasteiger partial charge < -0.3 is 25.4 Å². The molecule has 0 atom stereocenters. The predicted octanol–water partition coefficient (Wildman–Crippen LogP) is 1.83. The summed E-state index contributed by atoms with van der Waals surface area (Å²) in [6.07, 6.45) is 0. The maximum Gasteiger partial charge on any atom is 0.216 e. The molecule has 3 N–H and O–H groups in total. The zero-order valence-electron chi connectivity index (χ0n) is 16.1. The number of nitrogens with zero attached hydrogens (tertiary/aromatic N) is 1. The van der Waals surface area contributed by atoms with Crippen LogP contribution in [0.3, 0.4) is 0 Å². The topological polar surface area (TPSA) is 84.0 Å². The Morgan fingerprint density at radius 3 is 2.54 bits per heavy atom. The van der Waals surface area contributed by atoms with E-state index >= 15 is 0 Å². The highest BCUT2D eigenvalue weighted by Gasteiger charge is 2.05. The number of methoxy groups -OCH3 is 1. The number of aliphatic imine (C=N–C) groups is 1. The van der Waals surface area contributed by atoms with Crippen LogP contribution in [0.5, 0.6) is 5.75 Å². The molecule has 0 saturated carbocycles. The molecule has 0 aromatic heterocycles. The van der Waals surface area contributed by atoms with Crippen molar-refractivity contribution in [2.75, 3.05) is 40.0 Å². The van der Waals surface area contributed by atoms with E-state index in [-0.39, 0.29) is 29.9 Å². The molecule has 0 heterocycles. The smallest absolute Gasteiger partial charge is 0.216 e. The summed E-state index contributed by atoms with van der Waals surface area (Å²) in [6.45, 7) is 9.01. The van der Waals surface area contributed by atoms with Crippen molar-refractivity contribution in [2.45, 2.75) is 27.3 Å². The zero-order valence-corrected chi connectivity index (χ0v) is 18.4. The molecule has 0 bridgehead atoms. The molecule has 1 rings (SSSR count). The molecule has 1 aromatic rings. The Kier molecular flexibility index (Phi) is 13.7. The number of rotatable bonds is 10. The van der Waals surface area contributed by atoms with E-state index in [4.69, 9.17) is 9.47 Å². The van der Waals surface area contributed by atoms with E-state index < -0.39 is 0 Å². The summed E-state index contributed by atoms with van der Waals surface area (Å²) in [6, 6.07) is 6.09. The summed E-state index contributed by atoms with van der Waals surface area (Å²) in [4.78, 5) is 15.5. The van der Waals surface area contributed by atoms with Crippen LogP contribution in [0.15, 0.2) is 23.2 Å². The number of carbonyl (C=O) groups excluding carboxylic acids is 1. The Bertz CT molecular complexity index is 567. The summed E-state index contributed by atoms with van der Waals surface area (Å²) >= 11 is 0. The van der Waals surface area contributed by atoms with Crippen molar-refractivity contribution >= 4 is 35.8 Å². The first-order valence-electron chi connectivity index (χ1n) is 8.54. The second-order valence-corrected chi connectivity index (χ2v) is 5.56. The van der Waals surface area contributed by atoms with Crippen LogP contribution in [0.1, 0.15) is 25.0 Å². The van der Waals surface area contributed by atoms with E-state index in [1.165, 1.54) is 6.92 Å². The van der Waals surface area contributed by atoms with Gasteiger partial charge in [0.2, 0.25) is 5.91 Å². The Morgan fingerprint density at radius 2 is 1.88 bits per heavy atom. The molecule has 1 amide bonds. The number of halogens is 1. The SMILES string of the molecule is CCNC(=NCc1ccc(C)cc1OCCOC)NCCNC(C)=O.I. The van der Waals surface area contributed by atoms with Crippen molar-refractivity contribution in [3.05, 3.63) is 29.3 Å². The van der Waals surface area contributed by atoms with Gasteiger partial charge in [-0.05, 0) is 25.5 Å². The molecule has 0 fully saturated rings. The molecular weight excluding hydrogens is 447 g/mol. The lowest BCUT2D eigenvalue weighted by Crippen LogP contribution is -2.41. The predicted molar refractivity (Wildman–Crippen MR) is 115 cm³/mol. The molecule has 8 heteroatoms. The largest absolute Gasteiger partial charge is 0.491 e. The second-order valence-electron chi connectivity index (χ2n) is 5.56. The van der Waals surface area contributed by atoms with Gasteiger partial charge in [-0.2, -0.15) is 0 Å². The van der Waals surface area contributed by atoms with Crippen LogP contribution in [0.25, 0.3) is 0 Å². The molecule has 1 aromatic carbocycles. The average Bonchev–Trinajstić information content (AvgIpc) is 2.57. The van der Waals surface area contributed by atoms with Crippen molar-refractivity contribution in [1.29, 1.82) is 0 Å². The number of benzene rings is 1. The van der Waals surface area contributed by atoms with Crippen LogP contribution in [0.4, 0.5) is 0 Å². The van der Waals surface area contributed by atoms with Crippen molar-refractivity contribution < 1.29 is 14.3 Å². The number of guanidine groups is 1. The van der Waals surface area contributed by atoms with Gasteiger partial charge in [-0.25, -0.2) is 4.99 Å². The molecule has 0 saturated heterocycles. The molecule has 0 aliphatic carbocycles. The summed E-state index contributed by atoms with van der Waals surface area (Å²) in [5, 5.41) is 9.13. The van der Waals surface area contributed by atoms with Crippen LogP contribution in [-0.4, -0.2) is 51.8 Å². The van der Waals surface area contributed by atoms with E-state index in [0.717, 1.165) is 23.4 Å². The first-order valence-corrected chi connectivity index (χ1v) is 8.54. The number of hydrogen-bond acceptors (Lipinski definition) is 4. The van der Waals surface area contributed by atoms with Gasteiger partial charge in [-0.3, -0.25) is 4.79 Å². The number of nitrogens with one attached hydrogen (secondary N) is 3. The third-order valence-electron chi connectivity index (χ3n) is 3.31. The highest BCUT2D eigenvalue weighted by atomic mass is 127. The highest BCUT2D eigenvalue weighted by Crippen LogP contribution is 2.21. The van der Waals surface area contributed by atoms with E-state index in [9.17, 15) is 4.79 Å². The van der Waals surface area contributed by atoms with Crippen molar-refractivity contribution in [3.63, 3.8) is 0 Å². The quantitative estimate of drug-likeness (QED) is 0.207. The normalized spacial score (nSPS) is 10.7. The first kappa shape index (κ1) is 24.5. The average molecular weight is 478 g/mol. The van der Waals surface area contributed by atoms with E-state index in [2.05, 4.69) is 20.9 Å². The van der Waals surface area contributed by atoms with Gasteiger partial charge in [-0.1, -0.05) is 12.1 Å². The van der Waals surface area contributed by atoms with E-state index in [0.29, 0.717) is 38.8 Å². The minimum atomic E-state index is -0.0405. The zero-order chi connectivity index (χ0) is 18.5. The molecule has 0 spiro atoms. The van der Waals surface area contributed by atoms with Gasteiger partial charge >= 0.3 is 0 Å². The standard InChI is InChI=1S/C18H30N4O3.HI/c1-5-19-18(21-9-8-20-15(3)23)22-13-16-7-6-14(2)12-17(16)25-11-10-24-4;/h6-7,12H,5,8-11,13H2,1-4H3,(H,20,23)(H2,19,21,22);1H. The van der Waals surface area contributed by atoms with Crippen LogP contribution in [-0.2, 0) is 16.1 Å². The van der Waals surface area contributed by atoms with Crippen molar-refractivity contribution in [2.24, 2.45) is 4.99 Å². The van der Waals surface area contributed by atoms with Gasteiger partial charge in [0.25, 0.3) is 0 Å². The van der Waals surface area contributed by atoms with E-state index in [1.54, 1.807) is 7.11 Å². The summed E-state index contributed by atoms with van der Waals surface area (Å²) in [7, 11) is 1.65. The number of aryl methyl sites for hydroxylation is 1. The van der Waals surface area contributed by atoms with Crippen LogP contribution < -0.4 is 20.7 Å². The van der Waals surface area contributed by atoms with Crippen molar-refractivity contribution in [1.82, 2.24) is 16.0 Å². The molecule has 0 aliphatic rings. The molecule has 148 valence electrons. The van der Waals surface area contributed by atoms with Crippen molar-refractivity contribution in [3.8, 4) is 5.75 Å². The first-order chi connectivity index (χ1) is 12.1. The van der Waals surface area contributed by atoms with Gasteiger partial charge in [0, 0.05) is 39.2 Å². The third kappa shape index (κ3) is 10.4.